The van der Waals surface area contributed by atoms with Gasteiger partial charge in [-0.15, -0.1) is 0 Å². The van der Waals surface area contributed by atoms with E-state index in [-0.39, 0.29) is 24.7 Å². The molecule has 1 fully saturated rings. The van der Waals surface area contributed by atoms with Crippen LogP contribution < -0.4 is 0 Å². The summed E-state index contributed by atoms with van der Waals surface area (Å²) < 4.78 is 7.52. The van der Waals surface area contributed by atoms with Gasteiger partial charge in [0.25, 0.3) is 0 Å². The third kappa shape index (κ3) is 4.45. The summed E-state index contributed by atoms with van der Waals surface area (Å²) in [5.41, 5.74) is 2.03. The molecule has 1 atom stereocenters. The Hall–Kier alpha value is -2.21. The Labute approximate surface area is 148 Å². The van der Waals surface area contributed by atoms with Crippen molar-refractivity contribution in [1.82, 2.24) is 19.7 Å². The lowest BCUT2D eigenvalue weighted by molar-refractivity contribution is -0.139. The molecule has 1 heterocycles. The molecule has 1 aromatic heterocycles. The maximum absolute atomic E-state index is 12.4. The molecular weight excluding hydrogens is 316 g/mol. The SMILES string of the molecule is CC(c1ccc(-n2cncn2)cc1)N(C)C(=O)COC1CCCCC1. The normalized spacial score (nSPS) is 16.6. The molecule has 25 heavy (non-hydrogen) atoms. The molecular formula is C19H26N4O2. The van der Waals surface area contributed by atoms with E-state index in [0.717, 1.165) is 24.1 Å². The lowest BCUT2D eigenvalue weighted by Crippen LogP contribution is -2.34. The first kappa shape index (κ1) is 17.6. The number of ether oxygens (including phenoxy) is 1. The highest BCUT2D eigenvalue weighted by Gasteiger charge is 2.20. The number of hydrogen-bond donors (Lipinski definition) is 0. The molecule has 6 nitrogen and oxygen atoms in total. The number of carbonyl (C=O) groups excluding carboxylic acids is 1. The Morgan fingerprint density at radius 2 is 2.00 bits per heavy atom. The summed E-state index contributed by atoms with van der Waals surface area (Å²) >= 11 is 0. The van der Waals surface area contributed by atoms with Crippen LogP contribution in [0.4, 0.5) is 0 Å². The van der Waals surface area contributed by atoms with Gasteiger partial charge in [0, 0.05) is 7.05 Å². The molecule has 1 aliphatic rings. The highest BCUT2D eigenvalue weighted by molar-refractivity contribution is 5.77. The predicted octanol–water partition coefficient (Wildman–Crippen LogP) is 3.14. The third-order valence-electron chi connectivity index (χ3n) is 5.03. The number of likely N-dealkylation sites (N-methyl/N-ethyl adjacent to an activating group) is 1. The van der Waals surface area contributed by atoms with Gasteiger partial charge < -0.3 is 9.64 Å². The van der Waals surface area contributed by atoms with Gasteiger partial charge >= 0.3 is 0 Å². The van der Waals surface area contributed by atoms with Crippen molar-refractivity contribution >= 4 is 5.91 Å². The summed E-state index contributed by atoms with van der Waals surface area (Å²) in [7, 11) is 1.84. The molecule has 1 aromatic carbocycles. The number of amides is 1. The number of nitrogens with zero attached hydrogens (tertiary/aromatic N) is 4. The summed E-state index contributed by atoms with van der Waals surface area (Å²) in [5.74, 6) is 0.0263. The van der Waals surface area contributed by atoms with Gasteiger partial charge in [-0.1, -0.05) is 31.4 Å². The predicted molar refractivity (Wildman–Crippen MR) is 95.4 cm³/mol. The fourth-order valence-corrected chi connectivity index (χ4v) is 3.21. The molecule has 1 aliphatic carbocycles. The first-order valence-electron chi connectivity index (χ1n) is 8.97. The minimum Gasteiger partial charge on any atom is -0.368 e. The minimum atomic E-state index is -0.00717. The van der Waals surface area contributed by atoms with Crippen molar-refractivity contribution in [3.63, 3.8) is 0 Å². The van der Waals surface area contributed by atoms with E-state index in [4.69, 9.17) is 4.74 Å². The largest absolute Gasteiger partial charge is 0.368 e. The van der Waals surface area contributed by atoms with E-state index in [1.54, 1.807) is 15.9 Å². The topological polar surface area (TPSA) is 60.2 Å². The zero-order valence-corrected chi connectivity index (χ0v) is 15.0. The molecule has 2 aromatic rings. The highest BCUT2D eigenvalue weighted by atomic mass is 16.5. The van der Waals surface area contributed by atoms with Gasteiger partial charge in [-0.05, 0) is 37.5 Å². The maximum atomic E-state index is 12.4. The Morgan fingerprint density at radius 1 is 1.28 bits per heavy atom. The quantitative estimate of drug-likeness (QED) is 0.809. The molecule has 0 saturated heterocycles. The molecule has 0 N–H and O–H groups in total. The average molecular weight is 342 g/mol. The Balaban J connectivity index is 1.55. The zero-order chi connectivity index (χ0) is 17.6. The number of carbonyl (C=O) groups is 1. The van der Waals surface area contributed by atoms with Gasteiger partial charge in [-0.3, -0.25) is 4.79 Å². The van der Waals surface area contributed by atoms with Crippen molar-refractivity contribution in [3.8, 4) is 5.69 Å². The van der Waals surface area contributed by atoms with Crippen LogP contribution in [0.15, 0.2) is 36.9 Å². The van der Waals surface area contributed by atoms with Crippen molar-refractivity contribution in [3.05, 3.63) is 42.5 Å². The molecule has 134 valence electrons. The van der Waals surface area contributed by atoms with Crippen LogP contribution in [0.3, 0.4) is 0 Å². The lowest BCUT2D eigenvalue weighted by Gasteiger charge is -2.27. The highest BCUT2D eigenvalue weighted by Crippen LogP contribution is 2.22. The van der Waals surface area contributed by atoms with Gasteiger partial charge in [0.05, 0.1) is 17.8 Å². The van der Waals surface area contributed by atoms with Crippen LogP contribution in [0, 0.1) is 0 Å². The first-order valence-corrected chi connectivity index (χ1v) is 8.97. The molecule has 1 unspecified atom stereocenters. The maximum Gasteiger partial charge on any atom is 0.248 e. The fourth-order valence-electron chi connectivity index (χ4n) is 3.21. The number of rotatable bonds is 6. The van der Waals surface area contributed by atoms with Crippen molar-refractivity contribution < 1.29 is 9.53 Å². The summed E-state index contributed by atoms with van der Waals surface area (Å²) in [6.07, 6.45) is 9.30. The van der Waals surface area contributed by atoms with Gasteiger partial charge in [0.2, 0.25) is 5.91 Å². The van der Waals surface area contributed by atoms with Gasteiger partial charge in [0.15, 0.2) is 0 Å². The monoisotopic (exact) mass is 342 g/mol. The summed E-state index contributed by atoms with van der Waals surface area (Å²) in [6.45, 7) is 2.20. The van der Waals surface area contributed by atoms with Crippen molar-refractivity contribution in [1.29, 1.82) is 0 Å². The lowest BCUT2D eigenvalue weighted by atomic mass is 9.98. The van der Waals surface area contributed by atoms with Crippen LogP contribution in [-0.4, -0.2) is 45.3 Å². The molecule has 0 spiro atoms. The molecule has 1 amide bonds. The number of hydrogen-bond acceptors (Lipinski definition) is 4. The zero-order valence-electron chi connectivity index (χ0n) is 15.0. The van der Waals surface area contributed by atoms with Crippen LogP contribution >= 0.6 is 0 Å². The van der Waals surface area contributed by atoms with Crippen molar-refractivity contribution in [2.24, 2.45) is 0 Å². The Morgan fingerprint density at radius 3 is 2.64 bits per heavy atom. The summed E-state index contributed by atoms with van der Waals surface area (Å²) in [5, 5.41) is 4.12. The van der Waals surface area contributed by atoms with Crippen LogP contribution in [0.5, 0.6) is 0 Å². The van der Waals surface area contributed by atoms with Crippen LogP contribution in [-0.2, 0) is 9.53 Å². The van der Waals surface area contributed by atoms with Crippen molar-refractivity contribution in [2.45, 2.75) is 51.2 Å². The van der Waals surface area contributed by atoms with E-state index in [2.05, 4.69) is 10.1 Å². The molecule has 3 rings (SSSR count). The van der Waals surface area contributed by atoms with E-state index in [1.165, 1.54) is 25.6 Å². The smallest absolute Gasteiger partial charge is 0.248 e. The Bertz CT molecular complexity index is 663. The van der Waals surface area contributed by atoms with Crippen LogP contribution in [0.1, 0.15) is 50.6 Å². The van der Waals surface area contributed by atoms with Crippen LogP contribution in [0.25, 0.3) is 5.69 Å². The molecule has 6 heteroatoms. The number of aromatic nitrogens is 3. The minimum absolute atomic E-state index is 0.00717. The standard InChI is InChI=1S/C19H26N4O2/c1-15(16-8-10-17(11-9-16)23-14-20-13-21-23)22(2)19(24)12-25-18-6-4-3-5-7-18/h8-11,13-15,18H,3-7,12H2,1-2H3. The third-order valence-corrected chi connectivity index (χ3v) is 5.03. The summed E-state index contributed by atoms with van der Waals surface area (Å²) in [6, 6.07) is 8.00. The second-order valence-electron chi connectivity index (χ2n) is 6.68. The van der Waals surface area contributed by atoms with Crippen LogP contribution in [0.2, 0.25) is 0 Å². The van der Waals surface area contributed by atoms with E-state index in [1.807, 2.05) is 38.2 Å². The second-order valence-corrected chi connectivity index (χ2v) is 6.68. The van der Waals surface area contributed by atoms with Gasteiger partial charge in [-0.2, -0.15) is 5.10 Å². The second kappa shape index (κ2) is 8.25. The molecule has 1 saturated carbocycles. The molecule has 0 aliphatic heterocycles. The average Bonchev–Trinajstić information content (AvgIpc) is 3.20. The van der Waals surface area contributed by atoms with Crippen molar-refractivity contribution in [2.75, 3.05) is 13.7 Å². The Kier molecular flexibility index (Phi) is 5.81. The van der Waals surface area contributed by atoms with E-state index in [0.29, 0.717) is 0 Å². The van der Waals surface area contributed by atoms with E-state index in [9.17, 15) is 4.79 Å². The van der Waals surface area contributed by atoms with Gasteiger partial charge in [0.1, 0.15) is 19.3 Å². The summed E-state index contributed by atoms with van der Waals surface area (Å²) in [4.78, 5) is 18.1. The van der Waals surface area contributed by atoms with E-state index >= 15 is 0 Å². The molecule has 0 radical (unpaired) electrons. The van der Waals surface area contributed by atoms with E-state index < -0.39 is 0 Å². The van der Waals surface area contributed by atoms with Gasteiger partial charge in [-0.25, -0.2) is 9.67 Å². The fraction of sp³-hybridized carbons (Fsp3) is 0.526. The first-order chi connectivity index (χ1) is 12.1. The molecule has 0 bridgehead atoms. The number of benzene rings is 1.